The summed E-state index contributed by atoms with van der Waals surface area (Å²) in [5.41, 5.74) is 3.13. The average molecular weight is 273 g/mol. The van der Waals surface area contributed by atoms with Crippen LogP contribution in [0.3, 0.4) is 0 Å². The van der Waals surface area contributed by atoms with E-state index in [1.54, 1.807) is 0 Å². The molecule has 0 aliphatic carbocycles. The Bertz CT molecular complexity index is 615. The lowest BCUT2D eigenvalue weighted by Gasteiger charge is -2.09. The number of pyridine rings is 1. The number of imidazole rings is 1. The molecule has 0 spiro atoms. The summed E-state index contributed by atoms with van der Waals surface area (Å²) in [7, 11) is 0. The zero-order valence-corrected chi connectivity index (χ0v) is 11.6. The van der Waals surface area contributed by atoms with Crippen LogP contribution in [0.25, 0.3) is 5.65 Å². The molecule has 3 heterocycles. The summed E-state index contributed by atoms with van der Waals surface area (Å²) in [6, 6.07) is 4.05. The first kappa shape index (κ1) is 13.1. The van der Waals surface area contributed by atoms with Crippen LogP contribution in [0.2, 0.25) is 0 Å². The maximum absolute atomic E-state index is 11.8. The molecule has 1 aliphatic rings. The number of aryl methyl sites for hydroxylation is 1. The Morgan fingerprint density at radius 2 is 2.40 bits per heavy atom. The minimum atomic E-state index is -0.251. The molecule has 0 aromatic carbocycles. The van der Waals surface area contributed by atoms with Crippen molar-refractivity contribution in [2.75, 3.05) is 13.2 Å². The van der Waals surface area contributed by atoms with Gasteiger partial charge in [0.15, 0.2) is 0 Å². The van der Waals surface area contributed by atoms with Crippen molar-refractivity contribution < 1.29 is 9.53 Å². The number of fused-ring (bicyclic) bond motifs is 1. The van der Waals surface area contributed by atoms with Gasteiger partial charge in [-0.3, -0.25) is 4.79 Å². The Hall–Kier alpha value is -1.88. The molecule has 0 saturated carbocycles. The van der Waals surface area contributed by atoms with Crippen LogP contribution in [0.1, 0.15) is 24.1 Å². The van der Waals surface area contributed by atoms with E-state index in [9.17, 15) is 4.79 Å². The molecule has 106 valence electrons. The largest absolute Gasteiger partial charge is 0.368 e. The Kier molecular flexibility index (Phi) is 3.69. The van der Waals surface area contributed by atoms with Crippen molar-refractivity contribution in [3.63, 3.8) is 0 Å². The van der Waals surface area contributed by atoms with Crippen LogP contribution in [-0.4, -0.2) is 34.5 Å². The van der Waals surface area contributed by atoms with E-state index < -0.39 is 0 Å². The summed E-state index contributed by atoms with van der Waals surface area (Å²) in [4.78, 5) is 16.3. The van der Waals surface area contributed by atoms with Gasteiger partial charge >= 0.3 is 0 Å². The highest BCUT2D eigenvalue weighted by atomic mass is 16.5. The number of hydrogen-bond acceptors (Lipinski definition) is 3. The van der Waals surface area contributed by atoms with Gasteiger partial charge in [0.1, 0.15) is 11.8 Å². The number of amides is 1. The maximum Gasteiger partial charge on any atom is 0.249 e. The second kappa shape index (κ2) is 5.63. The van der Waals surface area contributed by atoms with E-state index in [0.29, 0.717) is 13.2 Å². The van der Waals surface area contributed by atoms with Gasteiger partial charge in [-0.1, -0.05) is 6.07 Å². The summed E-state index contributed by atoms with van der Waals surface area (Å²) in [5, 5.41) is 2.92. The first-order chi connectivity index (χ1) is 9.72. The van der Waals surface area contributed by atoms with Crippen molar-refractivity contribution >= 4 is 11.6 Å². The molecule has 1 fully saturated rings. The standard InChI is InChI=1S/C15H19N3O2/c1-11-4-5-14-17-12(10-18(14)9-11)6-7-16-15(19)13-3-2-8-20-13/h4-5,9-10,13H,2-3,6-8H2,1H3,(H,16,19). The third-order valence-electron chi connectivity index (χ3n) is 3.55. The van der Waals surface area contributed by atoms with Gasteiger partial charge in [-0.25, -0.2) is 4.98 Å². The molecule has 1 saturated heterocycles. The monoisotopic (exact) mass is 273 g/mol. The lowest BCUT2D eigenvalue weighted by molar-refractivity contribution is -0.129. The fraction of sp³-hybridized carbons (Fsp3) is 0.467. The van der Waals surface area contributed by atoms with E-state index in [0.717, 1.165) is 30.6 Å². The fourth-order valence-electron chi connectivity index (χ4n) is 2.49. The molecule has 1 unspecified atom stereocenters. The van der Waals surface area contributed by atoms with E-state index in [4.69, 9.17) is 4.74 Å². The maximum atomic E-state index is 11.8. The average Bonchev–Trinajstić information content (AvgIpc) is 3.06. The SMILES string of the molecule is Cc1ccc2nc(CCNC(=O)C3CCCO3)cn2c1. The van der Waals surface area contributed by atoms with Crippen LogP contribution >= 0.6 is 0 Å². The minimum Gasteiger partial charge on any atom is -0.368 e. The second-order valence-electron chi connectivity index (χ2n) is 5.25. The molecule has 20 heavy (non-hydrogen) atoms. The van der Waals surface area contributed by atoms with Gasteiger partial charge in [-0.15, -0.1) is 0 Å². The molecule has 1 N–H and O–H groups in total. The number of nitrogens with one attached hydrogen (secondary N) is 1. The lowest BCUT2D eigenvalue weighted by atomic mass is 10.2. The Labute approximate surface area is 118 Å². The summed E-state index contributed by atoms with van der Waals surface area (Å²) in [6.45, 7) is 3.35. The van der Waals surface area contributed by atoms with Crippen molar-refractivity contribution in [1.29, 1.82) is 0 Å². The van der Waals surface area contributed by atoms with Crippen LogP contribution in [0.15, 0.2) is 24.5 Å². The molecule has 5 heteroatoms. The van der Waals surface area contributed by atoms with E-state index >= 15 is 0 Å². The van der Waals surface area contributed by atoms with E-state index in [2.05, 4.69) is 23.4 Å². The molecule has 0 radical (unpaired) electrons. The molecule has 1 amide bonds. The Balaban J connectivity index is 1.55. The molecular formula is C15H19N3O2. The van der Waals surface area contributed by atoms with Crippen molar-refractivity contribution in [2.45, 2.75) is 32.3 Å². The fourth-order valence-corrected chi connectivity index (χ4v) is 2.49. The smallest absolute Gasteiger partial charge is 0.249 e. The highest BCUT2D eigenvalue weighted by molar-refractivity contribution is 5.80. The number of carbonyl (C=O) groups is 1. The van der Waals surface area contributed by atoms with Crippen LogP contribution in [-0.2, 0) is 16.0 Å². The molecule has 0 bridgehead atoms. The van der Waals surface area contributed by atoms with Crippen molar-refractivity contribution in [2.24, 2.45) is 0 Å². The Morgan fingerprint density at radius 1 is 1.50 bits per heavy atom. The lowest BCUT2D eigenvalue weighted by Crippen LogP contribution is -2.35. The highest BCUT2D eigenvalue weighted by Gasteiger charge is 2.22. The van der Waals surface area contributed by atoms with Gasteiger partial charge in [-0.2, -0.15) is 0 Å². The molecule has 2 aromatic rings. The number of nitrogens with zero attached hydrogens (tertiary/aromatic N) is 2. The van der Waals surface area contributed by atoms with Gasteiger partial charge in [0.05, 0.1) is 5.69 Å². The molecule has 2 aromatic heterocycles. The molecule has 3 rings (SSSR count). The predicted octanol–water partition coefficient (Wildman–Crippen LogP) is 1.48. The first-order valence-electron chi connectivity index (χ1n) is 7.06. The summed E-state index contributed by atoms with van der Waals surface area (Å²) >= 11 is 0. The first-order valence-corrected chi connectivity index (χ1v) is 7.06. The van der Waals surface area contributed by atoms with Crippen LogP contribution in [0.5, 0.6) is 0 Å². The van der Waals surface area contributed by atoms with Gasteiger partial charge in [-0.05, 0) is 31.4 Å². The number of hydrogen-bond donors (Lipinski definition) is 1. The molecular weight excluding hydrogens is 254 g/mol. The van der Waals surface area contributed by atoms with Crippen molar-refractivity contribution in [3.8, 4) is 0 Å². The van der Waals surface area contributed by atoms with E-state index in [1.165, 1.54) is 5.56 Å². The van der Waals surface area contributed by atoms with Crippen LogP contribution in [0, 0.1) is 6.92 Å². The normalized spacial score (nSPS) is 18.6. The third kappa shape index (κ3) is 2.82. The summed E-state index contributed by atoms with van der Waals surface area (Å²) < 4.78 is 7.37. The third-order valence-corrected chi connectivity index (χ3v) is 3.55. The minimum absolute atomic E-state index is 0.00195. The molecule has 1 atom stereocenters. The van der Waals surface area contributed by atoms with Gasteiger partial charge in [0, 0.05) is 32.0 Å². The second-order valence-corrected chi connectivity index (χ2v) is 5.25. The quantitative estimate of drug-likeness (QED) is 0.918. The van der Waals surface area contributed by atoms with Gasteiger partial charge < -0.3 is 14.5 Å². The summed E-state index contributed by atoms with van der Waals surface area (Å²) in [6.07, 6.45) is 6.36. The Morgan fingerprint density at radius 3 is 3.20 bits per heavy atom. The zero-order valence-electron chi connectivity index (χ0n) is 11.6. The molecule has 5 nitrogen and oxygen atoms in total. The number of aromatic nitrogens is 2. The van der Waals surface area contributed by atoms with Crippen LogP contribution < -0.4 is 5.32 Å². The highest BCUT2D eigenvalue weighted by Crippen LogP contribution is 2.12. The van der Waals surface area contributed by atoms with Crippen molar-refractivity contribution in [1.82, 2.24) is 14.7 Å². The van der Waals surface area contributed by atoms with Gasteiger partial charge in [0.25, 0.3) is 0 Å². The number of ether oxygens (including phenoxy) is 1. The van der Waals surface area contributed by atoms with E-state index in [-0.39, 0.29) is 12.0 Å². The van der Waals surface area contributed by atoms with Gasteiger partial charge in [0.2, 0.25) is 5.91 Å². The molecule has 1 aliphatic heterocycles. The van der Waals surface area contributed by atoms with Crippen LogP contribution in [0.4, 0.5) is 0 Å². The number of rotatable bonds is 4. The zero-order chi connectivity index (χ0) is 13.9. The topological polar surface area (TPSA) is 55.6 Å². The predicted molar refractivity (Wildman–Crippen MR) is 75.6 cm³/mol. The number of carbonyl (C=O) groups excluding carboxylic acids is 1. The van der Waals surface area contributed by atoms with E-state index in [1.807, 2.05) is 22.7 Å². The van der Waals surface area contributed by atoms with Crippen molar-refractivity contribution in [3.05, 3.63) is 35.8 Å². The summed E-state index contributed by atoms with van der Waals surface area (Å²) in [5.74, 6) is 0.00195.